The molecule has 5 nitrogen and oxygen atoms in total. The third-order valence-corrected chi connectivity index (χ3v) is 5.51. The zero-order valence-corrected chi connectivity index (χ0v) is 15.3. The van der Waals surface area contributed by atoms with Crippen LogP contribution in [0.2, 0.25) is 0 Å². The van der Waals surface area contributed by atoms with E-state index in [2.05, 4.69) is 4.98 Å². The van der Waals surface area contributed by atoms with E-state index in [0.717, 1.165) is 10.4 Å². The first kappa shape index (κ1) is 17.2. The molecular formula is C21H16N2O3S. The van der Waals surface area contributed by atoms with Gasteiger partial charge in [-0.3, -0.25) is 9.36 Å². The molecule has 1 atom stereocenters. The van der Waals surface area contributed by atoms with Crippen LogP contribution in [0, 0.1) is 0 Å². The zero-order chi connectivity index (χ0) is 19.0. The summed E-state index contributed by atoms with van der Waals surface area (Å²) in [7, 11) is 0. The molecule has 0 fully saturated rings. The maximum Gasteiger partial charge on any atom is 0.326 e. The molecule has 2 heterocycles. The molecule has 0 amide bonds. The Balaban J connectivity index is 2.02. The molecule has 134 valence electrons. The van der Waals surface area contributed by atoms with Crippen LogP contribution in [0.1, 0.15) is 13.0 Å². The molecule has 27 heavy (non-hydrogen) atoms. The molecule has 1 unspecified atom stereocenters. The molecule has 4 rings (SSSR count). The normalized spacial score (nSPS) is 12.2. The fourth-order valence-electron chi connectivity index (χ4n) is 3.00. The molecule has 0 aliphatic carbocycles. The van der Waals surface area contributed by atoms with E-state index in [-0.39, 0.29) is 5.56 Å². The molecule has 0 saturated heterocycles. The number of benzene rings is 2. The summed E-state index contributed by atoms with van der Waals surface area (Å²) in [6.45, 7) is 1.49. The number of fused-ring (bicyclic) bond motifs is 1. The smallest absolute Gasteiger partial charge is 0.326 e. The van der Waals surface area contributed by atoms with Crippen LogP contribution in [0.5, 0.6) is 0 Å². The number of hydrogen-bond donors (Lipinski definition) is 1. The monoisotopic (exact) mass is 376 g/mol. The molecule has 1 N–H and O–H groups in total. The van der Waals surface area contributed by atoms with E-state index in [9.17, 15) is 14.7 Å². The van der Waals surface area contributed by atoms with Crippen molar-refractivity contribution in [1.29, 1.82) is 0 Å². The van der Waals surface area contributed by atoms with Crippen molar-refractivity contribution >= 4 is 27.5 Å². The van der Waals surface area contributed by atoms with E-state index in [1.807, 2.05) is 60.7 Å². The molecule has 0 radical (unpaired) electrons. The van der Waals surface area contributed by atoms with Gasteiger partial charge in [0, 0.05) is 10.4 Å². The Kier molecular flexibility index (Phi) is 4.33. The topological polar surface area (TPSA) is 72.2 Å². The number of aliphatic carboxylic acids is 1. The van der Waals surface area contributed by atoms with Crippen LogP contribution in [-0.4, -0.2) is 20.6 Å². The highest BCUT2D eigenvalue weighted by Crippen LogP contribution is 2.32. The molecule has 0 saturated carbocycles. The summed E-state index contributed by atoms with van der Waals surface area (Å²) in [6, 6.07) is 19.7. The minimum absolute atomic E-state index is 0.341. The molecule has 2 aromatic carbocycles. The van der Waals surface area contributed by atoms with Crippen LogP contribution in [0.4, 0.5) is 0 Å². The third-order valence-electron chi connectivity index (χ3n) is 4.43. The fourth-order valence-corrected chi connectivity index (χ4v) is 4.03. The Morgan fingerprint density at radius 1 is 1.04 bits per heavy atom. The van der Waals surface area contributed by atoms with Gasteiger partial charge in [-0.25, -0.2) is 9.78 Å². The summed E-state index contributed by atoms with van der Waals surface area (Å²) in [5.41, 5.74) is 1.37. The molecule has 0 spiro atoms. The van der Waals surface area contributed by atoms with Crippen molar-refractivity contribution in [2.75, 3.05) is 0 Å². The van der Waals surface area contributed by atoms with E-state index in [1.165, 1.54) is 22.8 Å². The lowest BCUT2D eigenvalue weighted by Gasteiger charge is -2.16. The van der Waals surface area contributed by atoms with Gasteiger partial charge in [-0.2, -0.15) is 0 Å². The van der Waals surface area contributed by atoms with Gasteiger partial charge in [0.1, 0.15) is 16.7 Å². The van der Waals surface area contributed by atoms with Crippen LogP contribution in [-0.2, 0) is 4.79 Å². The highest BCUT2D eigenvalue weighted by Gasteiger charge is 2.23. The van der Waals surface area contributed by atoms with Gasteiger partial charge in [-0.15, -0.1) is 11.3 Å². The molecular weight excluding hydrogens is 360 g/mol. The number of nitrogens with zero attached hydrogens (tertiary/aromatic N) is 2. The number of thiophene rings is 1. The average Bonchev–Trinajstić information content (AvgIpc) is 3.13. The highest BCUT2D eigenvalue weighted by molar-refractivity contribution is 7.21. The van der Waals surface area contributed by atoms with Gasteiger partial charge in [0.05, 0.1) is 5.39 Å². The minimum atomic E-state index is -1.08. The Morgan fingerprint density at radius 3 is 2.22 bits per heavy atom. The number of carboxylic acid groups (broad SMARTS) is 1. The van der Waals surface area contributed by atoms with Gasteiger partial charge >= 0.3 is 5.97 Å². The largest absolute Gasteiger partial charge is 0.480 e. The van der Waals surface area contributed by atoms with Crippen molar-refractivity contribution in [3.05, 3.63) is 77.1 Å². The summed E-state index contributed by atoms with van der Waals surface area (Å²) in [4.78, 5) is 31.0. The maximum absolute atomic E-state index is 13.2. The van der Waals surface area contributed by atoms with E-state index < -0.39 is 12.0 Å². The lowest BCUT2D eigenvalue weighted by atomic mass is 10.1. The molecule has 4 aromatic rings. The maximum atomic E-state index is 13.2. The number of carbonyl (C=O) groups is 1. The second-order valence-electron chi connectivity index (χ2n) is 6.19. The van der Waals surface area contributed by atoms with E-state index in [0.29, 0.717) is 21.6 Å². The molecule has 0 aliphatic rings. The van der Waals surface area contributed by atoms with Crippen LogP contribution in [0.3, 0.4) is 0 Å². The Labute approximate surface area is 159 Å². The molecule has 6 heteroatoms. The van der Waals surface area contributed by atoms with Gasteiger partial charge in [-0.1, -0.05) is 60.7 Å². The quantitative estimate of drug-likeness (QED) is 0.572. The highest BCUT2D eigenvalue weighted by atomic mass is 32.1. The first-order valence-corrected chi connectivity index (χ1v) is 9.27. The molecule has 2 aromatic heterocycles. The second-order valence-corrected chi connectivity index (χ2v) is 7.22. The summed E-state index contributed by atoms with van der Waals surface area (Å²) in [5, 5.41) is 9.94. The van der Waals surface area contributed by atoms with Crippen molar-refractivity contribution in [3.63, 3.8) is 0 Å². The first-order valence-electron chi connectivity index (χ1n) is 8.46. The van der Waals surface area contributed by atoms with Gasteiger partial charge in [0.2, 0.25) is 0 Å². The van der Waals surface area contributed by atoms with E-state index in [1.54, 1.807) is 6.07 Å². The van der Waals surface area contributed by atoms with E-state index in [4.69, 9.17) is 0 Å². The van der Waals surface area contributed by atoms with Crippen molar-refractivity contribution in [3.8, 4) is 21.8 Å². The van der Waals surface area contributed by atoms with Crippen LogP contribution in [0.15, 0.2) is 71.5 Å². The number of carboxylic acids is 1. The number of aromatic nitrogens is 2. The van der Waals surface area contributed by atoms with Crippen molar-refractivity contribution in [1.82, 2.24) is 9.55 Å². The second kappa shape index (κ2) is 6.81. The Hall–Kier alpha value is -3.25. The SMILES string of the molecule is CC(C(=O)O)n1c(-c2ccccc2)nc2sc(-c3ccccc3)cc2c1=O. The van der Waals surface area contributed by atoms with Crippen LogP contribution in [0.25, 0.3) is 32.0 Å². The zero-order valence-electron chi connectivity index (χ0n) is 14.5. The van der Waals surface area contributed by atoms with Gasteiger partial charge in [-0.05, 0) is 18.6 Å². The Bertz CT molecular complexity index is 1180. The Morgan fingerprint density at radius 2 is 1.63 bits per heavy atom. The lowest BCUT2D eigenvalue weighted by molar-refractivity contribution is -0.140. The van der Waals surface area contributed by atoms with Crippen molar-refractivity contribution in [2.24, 2.45) is 0 Å². The molecule has 0 bridgehead atoms. The van der Waals surface area contributed by atoms with Crippen LogP contribution < -0.4 is 5.56 Å². The lowest BCUT2D eigenvalue weighted by Crippen LogP contribution is -2.30. The van der Waals surface area contributed by atoms with E-state index >= 15 is 0 Å². The number of hydrogen-bond acceptors (Lipinski definition) is 4. The van der Waals surface area contributed by atoms with Crippen LogP contribution >= 0.6 is 11.3 Å². The summed E-state index contributed by atoms with van der Waals surface area (Å²) < 4.78 is 1.27. The fraction of sp³-hybridized carbons (Fsp3) is 0.0952. The summed E-state index contributed by atoms with van der Waals surface area (Å²) in [6.07, 6.45) is 0. The predicted octanol–water partition coefficient (Wildman–Crippen LogP) is 4.44. The van der Waals surface area contributed by atoms with Gasteiger partial charge < -0.3 is 5.11 Å². The minimum Gasteiger partial charge on any atom is -0.480 e. The van der Waals surface area contributed by atoms with Gasteiger partial charge in [0.25, 0.3) is 5.56 Å². The predicted molar refractivity (Wildman–Crippen MR) is 107 cm³/mol. The standard InChI is InChI=1S/C21H16N2O3S/c1-13(21(25)26)23-18(15-10-6-3-7-11-15)22-19-16(20(23)24)12-17(27-19)14-8-4-2-5-9-14/h2-13H,1H3,(H,25,26). The van der Waals surface area contributed by atoms with Crippen molar-refractivity contribution < 1.29 is 9.90 Å². The summed E-state index contributed by atoms with van der Waals surface area (Å²) in [5.74, 6) is -0.710. The summed E-state index contributed by atoms with van der Waals surface area (Å²) >= 11 is 1.43. The third kappa shape index (κ3) is 3.04. The first-order chi connectivity index (χ1) is 13.1. The average molecular weight is 376 g/mol. The van der Waals surface area contributed by atoms with Gasteiger partial charge in [0.15, 0.2) is 0 Å². The number of rotatable bonds is 4. The molecule has 0 aliphatic heterocycles. The van der Waals surface area contributed by atoms with Crippen molar-refractivity contribution in [2.45, 2.75) is 13.0 Å².